The second-order valence-electron chi connectivity index (χ2n) is 4.96. The summed E-state index contributed by atoms with van der Waals surface area (Å²) in [5, 5.41) is 0. The molecule has 0 bridgehead atoms. The summed E-state index contributed by atoms with van der Waals surface area (Å²) in [6.45, 7) is 4.62. The highest BCUT2D eigenvalue weighted by Crippen LogP contribution is 2.12. The van der Waals surface area contributed by atoms with Crippen molar-refractivity contribution in [1.82, 2.24) is 9.88 Å². The van der Waals surface area contributed by atoms with Gasteiger partial charge >= 0.3 is 0 Å². The van der Waals surface area contributed by atoms with E-state index in [1.165, 1.54) is 11.8 Å². The summed E-state index contributed by atoms with van der Waals surface area (Å²) in [4.78, 5) is 6.18. The lowest BCUT2D eigenvalue weighted by atomic mass is 10.1. The molecular formula is C16H20FN3. The summed E-state index contributed by atoms with van der Waals surface area (Å²) in [6.07, 6.45) is 4.00. The van der Waals surface area contributed by atoms with Gasteiger partial charge in [-0.05, 0) is 42.3 Å². The van der Waals surface area contributed by atoms with Gasteiger partial charge in [-0.3, -0.25) is 9.88 Å². The van der Waals surface area contributed by atoms with E-state index in [1.807, 2.05) is 24.3 Å². The molecule has 0 aliphatic carbocycles. The molecule has 2 rings (SSSR count). The number of hydrogen-bond donors (Lipinski definition) is 1. The molecule has 0 aliphatic rings. The van der Waals surface area contributed by atoms with Gasteiger partial charge in [0, 0.05) is 25.0 Å². The predicted octanol–water partition coefficient (Wildman–Crippen LogP) is 3.22. The number of nitrogens with zero attached hydrogens (tertiary/aromatic N) is 2. The van der Waals surface area contributed by atoms with Crippen molar-refractivity contribution in [1.29, 1.82) is 0 Å². The van der Waals surface area contributed by atoms with E-state index >= 15 is 0 Å². The van der Waals surface area contributed by atoms with Crippen molar-refractivity contribution in [2.24, 2.45) is 0 Å². The van der Waals surface area contributed by atoms with Gasteiger partial charge in [0.05, 0.1) is 6.20 Å². The highest BCUT2D eigenvalue weighted by Gasteiger charge is 2.07. The molecule has 0 saturated carbocycles. The van der Waals surface area contributed by atoms with Crippen molar-refractivity contribution in [3.8, 4) is 0 Å². The Morgan fingerprint density at radius 1 is 1.10 bits per heavy atom. The Morgan fingerprint density at radius 3 is 2.45 bits per heavy atom. The number of rotatable bonds is 6. The minimum absolute atomic E-state index is 0.286. The lowest BCUT2D eigenvalue weighted by Gasteiger charge is -2.21. The SMILES string of the molecule is CCCN(Cc1ccc(N)cc1)Cc1cncc(F)c1. The molecule has 1 heterocycles. The maximum atomic E-state index is 13.2. The van der Waals surface area contributed by atoms with E-state index in [9.17, 15) is 4.39 Å². The molecular weight excluding hydrogens is 253 g/mol. The van der Waals surface area contributed by atoms with E-state index in [4.69, 9.17) is 5.73 Å². The van der Waals surface area contributed by atoms with E-state index in [-0.39, 0.29) is 5.82 Å². The van der Waals surface area contributed by atoms with Crippen LogP contribution in [-0.2, 0) is 13.1 Å². The first-order chi connectivity index (χ1) is 9.67. The molecule has 0 spiro atoms. The van der Waals surface area contributed by atoms with E-state index in [2.05, 4.69) is 16.8 Å². The van der Waals surface area contributed by atoms with Crippen LogP contribution in [0, 0.1) is 5.82 Å². The maximum absolute atomic E-state index is 13.2. The Labute approximate surface area is 119 Å². The third-order valence-electron chi connectivity index (χ3n) is 3.09. The van der Waals surface area contributed by atoms with Gasteiger partial charge < -0.3 is 5.73 Å². The van der Waals surface area contributed by atoms with Crippen molar-refractivity contribution in [2.45, 2.75) is 26.4 Å². The molecule has 1 aromatic carbocycles. The number of halogens is 1. The molecule has 1 aromatic heterocycles. The summed E-state index contributed by atoms with van der Waals surface area (Å²) in [6, 6.07) is 9.41. The first-order valence-electron chi connectivity index (χ1n) is 6.83. The fourth-order valence-electron chi connectivity index (χ4n) is 2.21. The highest BCUT2D eigenvalue weighted by atomic mass is 19.1. The average molecular weight is 273 g/mol. The van der Waals surface area contributed by atoms with Crippen LogP contribution in [0.4, 0.5) is 10.1 Å². The fourth-order valence-corrected chi connectivity index (χ4v) is 2.21. The Hall–Kier alpha value is -1.94. The van der Waals surface area contributed by atoms with Crippen LogP contribution in [0.2, 0.25) is 0 Å². The first kappa shape index (κ1) is 14.5. The summed E-state index contributed by atoms with van der Waals surface area (Å²) in [7, 11) is 0. The molecule has 4 heteroatoms. The molecule has 0 radical (unpaired) electrons. The molecule has 0 atom stereocenters. The van der Waals surface area contributed by atoms with Crippen LogP contribution in [0.15, 0.2) is 42.7 Å². The van der Waals surface area contributed by atoms with Gasteiger partial charge in [0.1, 0.15) is 5.82 Å². The summed E-state index contributed by atoms with van der Waals surface area (Å²) >= 11 is 0. The lowest BCUT2D eigenvalue weighted by Crippen LogP contribution is -2.23. The third kappa shape index (κ3) is 4.31. The quantitative estimate of drug-likeness (QED) is 0.822. The van der Waals surface area contributed by atoms with Crippen molar-refractivity contribution in [3.63, 3.8) is 0 Å². The number of anilines is 1. The van der Waals surface area contributed by atoms with Gasteiger partial charge in [-0.15, -0.1) is 0 Å². The highest BCUT2D eigenvalue weighted by molar-refractivity contribution is 5.39. The van der Waals surface area contributed by atoms with Gasteiger partial charge in [-0.25, -0.2) is 4.39 Å². The Morgan fingerprint density at radius 2 is 1.80 bits per heavy atom. The molecule has 0 unspecified atom stereocenters. The topological polar surface area (TPSA) is 42.1 Å². The van der Waals surface area contributed by atoms with Crippen LogP contribution >= 0.6 is 0 Å². The minimum atomic E-state index is -0.286. The van der Waals surface area contributed by atoms with E-state index in [0.717, 1.165) is 30.8 Å². The van der Waals surface area contributed by atoms with E-state index in [0.29, 0.717) is 6.54 Å². The molecule has 0 amide bonds. The number of aromatic nitrogens is 1. The summed E-state index contributed by atoms with van der Waals surface area (Å²) in [5.41, 5.74) is 8.56. The number of nitrogens with two attached hydrogens (primary N) is 1. The zero-order valence-corrected chi connectivity index (χ0v) is 11.7. The molecule has 106 valence electrons. The van der Waals surface area contributed by atoms with E-state index in [1.54, 1.807) is 12.3 Å². The summed E-state index contributed by atoms with van der Waals surface area (Å²) in [5.74, 6) is -0.286. The second-order valence-corrected chi connectivity index (χ2v) is 4.96. The monoisotopic (exact) mass is 273 g/mol. The van der Waals surface area contributed by atoms with Gasteiger partial charge in [0.25, 0.3) is 0 Å². The zero-order valence-electron chi connectivity index (χ0n) is 11.7. The second kappa shape index (κ2) is 7.01. The number of pyridine rings is 1. The largest absolute Gasteiger partial charge is 0.399 e. The van der Waals surface area contributed by atoms with Gasteiger partial charge in [0.15, 0.2) is 0 Å². The Bertz CT molecular complexity index is 540. The van der Waals surface area contributed by atoms with Crippen molar-refractivity contribution < 1.29 is 4.39 Å². The molecule has 0 aliphatic heterocycles. The van der Waals surface area contributed by atoms with Gasteiger partial charge in [-0.2, -0.15) is 0 Å². The summed E-state index contributed by atoms with van der Waals surface area (Å²) < 4.78 is 13.2. The maximum Gasteiger partial charge on any atom is 0.141 e. The van der Waals surface area contributed by atoms with Crippen LogP contribution in [0.5, 0.6) is 0 Å². The van der Waals surface area contributed by atoms with E-state index < -0.39 is 0 Å². The first-order valence-corrected chi connectivity index (χ1v) is 6.83. The lowest BCUT2D eigenvalue weighted by molar-refractivity contribution is 0.256. The molecule has 0 saturated heterocycles. The molecule has 2 N–H and O–H groups in total. The Kier molecular flexibility index (Phi) is 5.07. The van der Waals surface area contributed by atoms with Crippen LogP contribution in [0.1, 0.15) is 24.5 Å². The predicted molar refractivity (Wildman–Crippen MR) is 79.5 cm³/mol. The Balaban J connectivity index is 2.05. The van der Waals surface area contributed by atoms with Gasteiger partial charge in [0.2, 0.25) is 0 Å². The normalized spacial score (nSPS) is 10.9. The van der Waals surface area contributed by atoms with Crippen molar-refractivity contribution in [2.75, 3.05) is 12.3 Å². The van der Waals surface area contributed by atoms with Crippen LogP contribution in [-0.4, -0.2) is 16.4 Å². The fraction of sp³-hybridized carbons (Fsp3) is 0.312. The van der Waals surface area contributed by atoms with Crippen LogP contribution in [0.25, 0.3) is 0 Å². The van der Waals surface area contributed by atoms with Crippen molar-refractivity contribution >= 4 is 5.69 Å². The molecule has 20 heavy (non-hydrogen) atoms. The molecule has 2 aromatic rings. The minimum Gasteiger partial charge on any atom is -0.399 e. The third-order valence-corrected chi connectivity index (χ3v) is 3.09. The number of nitrogen functional groups attached to an aromatic ring is 1. The average Bonchev–Trinajstić information content (AvgIpc) is 2.42. The molecule has 3 nitrogen and oxygen atoms in total. The van der Waals surface area contributed by atoms with Crippen LogP contribution in [0.3, 0.4) is 0 Å². The standard InChI is InChI=1S/C16H20FN3/c1-2-7-20(11-13-3-5-16(18)6-4-13)12-14-8-15(17)10-19-9-14/h3-6,8-10H,2,7,11-12,18H2,1H3. The van der Waals surface area contributed by atoms with Gasteiger partial charge in [-0.1, -0.05) is 19.1 Å². The van der Waals surface area contributed by atoms with Crippen molar-refractivity contribution in [3.05, 3.63) is 59.7 Å². The van der Waals surface area contributed by atoms with Crippen LogP contribution < -0.4 is 5.73 Å². The number of benzene rings is 1. The molecule has 0 fully saturated rings. The zero-order chi connectivity index (χ0) is 14.4. The smallest absolute Gasteiger partial charge is 0.141 e. The number of hydrogen-bond acceptors (Lipinski definition) is 3.